The number of fused-ring (bicyclic) bond motifs is 1. The maximum absolute atomic E-state index is 13.0. The molecule has 27 heavy (non-hydrogen) atoms. The number of thioether (sulfide) groups is 1. The van der Waals surface area contributed by atoms with E-state index in [9.17, 15) is 14.4 Å². The Hall–Kier alpha value is -2.02. The van der Waals surface area contributed by atoms with Crippen molar-refractivity contribution in [3.05, 3.63) is 30.3 Å². The molecule has 2 atom stereocenters. The van der Waals surface area contributed by atoms with E-state index in [2.05, 4.69) is 12.2 Å². The number of piperidine rings is 1. The van der Waals surface area contributed by atoms with Crippen molar-refractivity contribution >= 4 is 35.2 Å². The summed E-state index contributed by atoms with van der Waals surface area (Å²) in [5, 5.41) is 2.95. The zero-order chi connectivity index (χ0) is 19.0. The van der Waals surface area contributed by atoms with Gasteiger partial charge in [0.1, 0.15) is 6.04 Å². The van der Waals surface area contributed by atoms with Crippen LogP contribution in [0.5, 0.6) is 0 Å². The number of amides is 3. The Kier molecular flexibility index (Phi) is 4.88. The minimum absolute atomic E-state index is 0.0204. The van der Waals surface area contributed by atoms with Gasteiger partial charge in [0.05, 0.1) is 4.87 Å². The van der Waals surface area contributed by atoms with Gasteiger partial charge in [0.2, 0.25) is 17.7 Å². The molecule has 0 bridgehead atoms. The molecular formula is C20H25N3O3S. The molecule has 3 heterocycles. The first-order chi connectivity index (χ1) is 13.0. The van der Waals surface area contributed by atoms with Gasteiger partial charge in [-0.25, -0.2) is 0 Å². The van der Waals surface area contributed by atoms with E-state index in [-0.39, 0.29) is 34.6 Å². The van der Waals surface area contributed by atoms with Gasteiger partial charge in [-0.3, -0.25) is 14.4 Å². The van der Waals surface area contributed by atoms with Crippen molar-refractivity contribution in [1.29, 1.82) is 0 Å². The molecule has 3 aliphatic rings. The molecule has 3 saturated heterocycles. The van der Waals surface area contributed by atoms with Crippen molar-refractivity contribution in [1.82, 2.24) is 9.80 Å². The van der Waals surface area contributed by atoms with Gasteiger partial charge in [0.25, 0.3) is 0 Å². The first-order valence-corrected chi connectivity index (χ1v) is 10.6. The van der Waals surface area contributed by atoms with Crippen molar-refractivity contribution < 1.29 is 14.4 Å². The summed E-state index contributed by atoms with van der Waals surface area (Å²) >= 11 is 1.72. The molecule has 3 fully saturated rings. The van der Waals surface area contributed by atoms with Gasteiger partial charge in [0.15, 0.2) is 0 Å². The Labute approximate surface area is 163 Å². The molecule has 3 aliphatic heterocycles. The van der Waals surface area contributed by atoms with E-state index in [4.69, 9.17) is 0 Å². The molecular weight excluding hydrogens is 362 g/mol. The SMILES string of the molecule is C[C@]12CCC(=O)N1[C@@H](C(=O)N1CCC(C(=O)Nc3ccccc3)CC1)CS2. The van der Waals surface area contributed by atoms with Crippen molar-refractivity contribution in [2.45, 2.75) is 43.5 Å². The molecule has 0 radical (unpaired) electrons. The highest BCUT2D eigenvalue weighted by Crippen LogP contribution is 2.47. The van der Waals surface area contributed by atoms with Crippen LogP contribution in [0.4, 0.5) is 5.69 Å². The third-order valence-corrected chi connectivity index (χ3v) is 7.45. The molecule has 0 saturated carbocycles. The lowest BCUT2D eigenvalue weighted by atomic mass is 9.95. The molecule has 1 aromatic carbocycles. The quantitative estimate of drug-likeness (QED) is 0.864. The van der Waals surface area contributed by atoms with E-state index in [1.165, 1.54) is 0 Å². The lowest BCUT2D eigenvalue weighted by molar-refractivity contribution is -0.145. The maximum Gasteiger partial charge on any atom is 0.246 e. The molecule has 0 unspecified atom stereocenters. The van der Waals surface area contributed by atoms with E-state index in [1.807, 2.05) is 40.1 Å². The predicted octanol–water partition coefficient (Wildman–Crippen LogP) is 2.32. The van der Waals surface area contributed by atoms with Gasteiger partial charge < -0.3 is 15.1 Å². The lowest BCUT2D eigenvalue weighted by Gasteiger charge is -2.36. The summed E-state index contributed by atoms with van der Waals surface area (Å²) in [6, 6.07) is 9.10. The Bertz CT molecular complexity index is 748. The largest absolute Gasteiger partial charge is 0.341 e. The van der Waals surface area contributed by atoms with Gasteiger partial charge in [-0.1, -0.05) is 18.2 Å². The van der Waals surface area contributed by atoms with Gasteiger partial charge in [-0.15, -0.1) is 11.8 Å². The smallest absolute Gasteiger partial charge is 0.246 e. The van der Waals surface area contributed by atoms with Gasteiger partial charge in [-0.05, 0) is 38.3 Å². The van der Waals surface area contributed by atoms with Crippen LogP contribution in [0.1, 0.15) is 32.6 Å². The molecule has 3 amide bonds. The average Bonchev–Trinajstić information content (AvgIpc) is 3.18. The minimum Gasteiger partial charge on any atom is -0.341 e. The average molecular weight is 388 g/mol. The Balaban J connectivity index is 1.33. The van der Waals surface area contributed by atoms with Crippen LogP contribution in [-0.2, 0) is 14.4 Å². The fourth-order valence-electron chi connectivity index (χ4n) is 4.34. The molecule has 0 spiro atoms. The van der Waals surface area contributed by atoms with Crippen LogP contribution in [0.15, 0.2) is 30.3 Å². The third kappa shape index (κ3) is 3.45. The standard InChI is InChI=1S/C20H25N3O3S/c1-20-10-7-17(24)23(20)16(13-27-20)19(26)22-11-8-14(9-12-22)18(25)21-15-5-3-2-4-6-15/h2-6,14,16H,7-13H2,1H3,(H,21,25)/t16-,20+/m1/s1. The topological polar surface area (TPSA) is 69.7 Å². The number of carbonyl (C=O) groups is 3. The van der Waals surface area contributed by atoms with E-state index in [1.54, 1.807) is 11.8 Å². The number of hydrogen-bond donors (Lipinski definition) is 1. The van der Waals surface area contributed by atoms with Crippen LogP contribution in [0.2, 0.25) is 0 Å². The first kappa shape index (κ1) is 18.3. The summed E-state index contributed by atoms with van der Waals surface area (Å²) in [6.45, 7) is 3.22. The Morgan fingerprint density at radius 2 is 1.89 bits per heavy atom. The molecule has 0 aromatic heterocycles. The number of nitrogens with one attached hydrogen (secondary N) is 1. The summed E-state index contributed by atoms with van der Waals surface area (Å²) in [7, 11) is 0. The highest BCUT2D eigenvalue weighted by atomic mass is 32.2. The maximum atomic E-state index is 13.0. The number of para-hydroxylation sites is 1. The number of hydrogen-bond acceptors (Lipinski definition) is 4. The summed E-state index contributed by atoms with van der Waals surface area (Å²) in [5.41, 5.74) is 0.802. The van der Waals surface area contributed by atoms with Crippen molar-refractivity contribution in [3.8, 4) is 0 Å². The second-order valence-corrected chi connectivity index (χ2v) is 9.22. The van der Waals surface area contributed by atoms with Crippen LogP contribution in [-0.4, -0.2) is 57.3 Å². The molecule has 4 rings (SSSR count). The number of rotatable bonds is 3. The number of carbonyl (C=O) groups excluding carboxylic acids is 3. The van der Waals surface area contributed by atoms with Crippen LogP contribution in [0, 0.1) is 5.92 Å². The van der Waals surface area contributed by atoms with Crippen molar-refractivity contribution in [2.75, 3.05) is 24.2 Å². The third-order valence-electron chi connectivity index (χ3n) is 5.95. The normalized spacial score (nSPS) is 28.3. The van der Waals surface area contributed by atoms with E-state index < -0.39 is 0 Å². The fraction of sp³-hybridized carbons (Fsp3) is 0.550. The van der Waals surface area contributed by atoms with Crippen LogP contribution < -0.4 is 5.32 Å². The summed E-state index contributed by atoms with van der Waals surface area (Å²) in [6.07, 6.45) is 2.68. The van der Waals surface area contributed by atoms with Crippen molar-refractivity contribution in [3.63, 3.8) is 0 Å². The van der Waals surface area contributed by atoms with E-state index in [0.717, 1.165) is 12.1 Å². The van der Waals surface area contributed by atoms with Crippen LogP contribution in [0.3, 0.4) is 0 Å². The van der Waals surface area contributed by atoms with E-state index in [0.29, 0.717) is 38.1 Å². The van der Waals surface area contributed by atoms with Gasteiger partial charge in [-0.2, -0.15) is 0 Å². The van der Waals surface area contributed by atoms with Crippen LogP contribution >= 0.6 is 11.8 Å². The van der Waals surface area contributed by atoms with Gasteiger partial charge in [0, 0.05) is 36.9 Å². The molecule has 7 heteroatoms. The zero-order valence-corrected chi connectivity index (χ0v) is 16.3. The highest BCUT2D eigenvalue weighted by molar-refractivity contribution is 8.01. The summed E-state index contributed by atoms with van der Waals surface area (Å²) < 4.78 is 0. The lowest BCUT2D eigenvalue weighted by Crippen LogP contribution is -2.53. The molecule has 1 aromatic rings. The summed E-state index contributed by atoms with van der Waals surface area (Å²) in [5.74, 6) is 0.759. The van der Waals surface area contributed by atoms with Gasteiger partial charge >= 0.3 is 0 Å². The van der Waals surface area contributed by atoms with Crippen LogP contribution in [0.25, 0.3) is 0 Å². The van der Waals surface area contributed by atoms with Crippen molar-refractivity contribution in [2.24, 2.45) is 5.92 Å². The number of benzene rings is 1. The number of nitrogens with zero attached hydrogens (tertiary/aromatic N) is 2. The molecule has 0 aliphatic carbocycles. The second kappa shape index (κ2) is 7.19. The fourth-order valence-corrected chi connectivity index (χ4v) is 5.77. The molecule has 1 N–H and O–H groups in total. The first-order valence-electron chi connectivity index (χ1n) is 9.59. The number of likely N-dealkylation sites (tertiary alicyclic amines) is 1. The Morgan fingerprint density at radius 3 is 2.59 bits per heavy atom. The second-order valence-electron chi connectivity index (χ2n) is 7.72. The Morgan fingerprint density at radius 1 is 1.19 bits per heavy atom. The summed E-state index contributed by atoms with van der Waals surface area (Å²) in [4.78, 5) is 41.2. The zero-order valence-electron chi connectivity index (χ0n) is 15.5. The highest BCUT2D eigenvalue weighted by Gasteiger charge is 2.53. The molecule has 144 valence electrons. The monoisotopic (exact) mass is 387 g/mol. The minimum atomic E-state index is -0.343. The molecule has 6 nitrogen and oxygen atoms in total. The number of anilines is 1. The predicted molar refractivity (Wildman–Crippen MR) is 105 cm³/mol. The van der Waals surface area contributed by atoms with E-state index >= 15 is 0 Å².